The zero-order chi connectivity index (χ0) is 20.3. The third-order valence-corrected chi connectivity index (χ3v) is 5.18. The van der Waals surface area contributed by atoms with E-state index in [0.717, 1.165) is 23.3 Å². The normalized spacial score (nSPS) is 18.2. The Hall–Kier alpha value is -2.77. The SMILES string of the molecule is CCCC1(CCC)NC(=O)N(CC(=O)NC(C)c2ccc3c(c2)OCO3)C1=O. The predicted octanol–water partition coefficient (Wildman–Crippen LogP) is 2.48. The number of hydrogen-bond acceptors (Lipinski definition) is 5. The Kier molecular flexibility index (Phi) is 5.76. The number of amides is 4. The molecular weight excluding hydrogens is 362 g/mol. The summed E-state index contributed by atoms with van der Waals surface area (Å²) in [5, 5.41) is 5.65. The van der Waals surface area contributed by atoms with Gasteiger partial charge in [0.05, 0.1) is 6.04 Å². The highest BCUT2D eigenvalue weighted by Crippen LogP contribution is 2.34. The van der Waals surface area contributed by atoms with Crippen molar-refractivity contribution < 1.29 is 23.9 Å². The van der Waals surface area contributed by atoms with Crippen molar-refractivity contribution >= 4 is 17.8 Å². The molecular formula is C20H27N3O5. The molecule has 1 unspecified atom stereocenters. The van der Waals surface area contributed by atoms with E-state index in [1.165, 1.54) is 0 Å². The first-order valence-corrected chi connectivity index (χ1v) is 9.73. The van der Waals surface area contributed by atoms with Crippen LogP contribution in [0.2, 0.25) is 0 Å². The van der Waals surface area contributed by atoms with E-state index in [9.17, 15) is 14.4 Å². The lowest BCUT2D eigenvalue weighted by atomic mass is 9.88. The maximum Gasteiger partial charge on any atom is 0.325 e. The Morgan fingerprint density at radius 2 is 1.89 bits per heavy atom. The number of imide groups is 1. The summed E-state index contributed by atoms with van der Waals surface area (Å²) in [7, 11) is 0. The van der Waals surface area contributed by atoms with Crippen LogP contribution in [0.25, 0.3) is 0 Å². The van der Waals surface area contributed by atoms with Gasteiger partial charge in [-0.2, -0.15) is 0 Å². The van der Waals surface area contributed by atoms with Crippen molar-refractivity contribution in [2.24, 2.45) is 0 Å². The van der Waals surface area contributed by atoms with E-state index in [0.29, 0.717) is 24.3 Å². The number of rotatable bonds is 8. The number of carbonyl (C=O) groups excluding carboxylic acids is 3. The molecule has 2 heterocycles. The number of carbonyl (C=O) groups is 3. The minimum atomic E-state index is -0.885. The molecule has 152 valence electrons. The fourth-order valence-electron chi connectivity index (χ4n) is 3.83. The molecule has 0 spiro atoms. The minimum Gasteiger partial charge on any atom is -0.454 e. The van der Waals surface area contributed by atoms with Crippen LogP contribution in [0.5, 0.6) is 11.5 Å². The summed E-state index contributed by atoms with van der Waals surface area (Å²) in [5.74, 6) is 0.603. The van der Waals surface area contributed by atoms with Gasteiger partial charge in [-0.3, -0.25) is 14.5 Å². The number of nitrogens with one attached hydrogen (secondary N) is 2. The highest BCUT2D eigenvalue weighted by atomic mass is 16.7. The molecule has 3 rings (SSSR count). The average Bonchev–Trinajstić information content (AvgIpc) is 3.20. The summed E-state index contributed by atoms with van der Waals surface area (Å²) in [4.78, 5) is 38.7. The van der Waals surface area contributed by atoms with E-state index in [1.807, 2.05) is 32.9 Å². The zero-order valence-corrected chi connectivity index (χ0v) is 16.5. The Bertz CT molecular complexity index is 773. The highest BCUT2D eigenvalue weighted by molar-refractivity contribution is 6.09. The maximum absolute atomic E-state index is 12.9. The molecule has 8 nitrogen and oxygen atoms in total. The van der Waals surface area contributed by atoms with Crippen LogP contribution in [0.4, 0.5) is 4.79 Å². The summed E-state index contributed by atoms with van der Waals surface area (Å²) < 4.78 is 10.6. The Labute approximate surface area is 164 Å². The molecule has 28 heavy (non-hydrogen) atoms. The fourth-order valence-corrected chi connectivity index (χ4v) is 3.83. The summed E-state index contributed by atoms with van der Waals surface area (Å²) >= 11 is 0. The first kappa shape index (κ1) is 20.0. The molecule has 0 aliphatic carbocycles. The molecule has 1 atom stereocenters. The van der Waals surface area contributed by atoms with Gasteiger partial charge in [0.2, 0.25) is 12.7 Å². The number of ether oxygens (including phenoxy) is 2. The summed E-state index contributed by atoms with van der Waals surface area (Å²) in [6.07, 6.45) is 2.68. The van der Waals surface area contributed by atoms with Crippen LogP contribution < -0.4 is 20.1 Å². The summed E-state index contributed by atoms with van der Waals surface area (Å²) in [6, 6.07) is 4.65. The second kappa shape index (κ2) is 8.08. The molecule has 2 aliphatic heterocycles. The van der Waals surface area contributed by atoms with Gasteiger partial charge in [0.25, 0.3) is 5.91 Å². The van der Waals surface area contributed by atoms with Crippen molar-refractivity contribution in [2.75, 3.05) is 13.3 Å². The van der Waals surface area contributed by atoms with E-state index >= 15 is 0 Å². The fraction of sp³-hybridized carbons (Fsp3) is 0.550. The zero-order valence-electron chi connectivity index (χ0n) is 16.5. The third-order valence-electron chi connectivity index (χ3n) is 5.18. The number of hydrogen-bond donors (Lipinski definition) is 2. The van der Waals surface area contributed by atoms with Crippen molar-refractivity contribution in [3.8, 4) is 11.5 Å². The molecule has 0 bridgehead atoms. The van der Waals surface area contributed by atoms with Crippen molar-refractivity contribution in [1.29, 1.82) is 0 Å². The lowest BCUT2D eigenvalue weighted by molar-refractivity contribution is -0.135. The largest absolute Gasteiger partial charge is 0.454 e. The van der Waals surface area contributed by atoms with Crippen molar-refractivity contribution in [2.45, 2.75) is 58.0 Å². The molecule has 1 fully saturated rings. The molecule has 0 aromatic heterocycles. The van der Waals surface area contributed by atoms with Gasteiger partial charge < -0.3 is 20.1 Å². The minimum absolute atomic E-state index is 0.184. The first-order chi connectivity index (χ1) is 13.4. The smallest absolute Gasteiger partial charge is 0.325 e. The number of fused-ring (bicyclic) bond motifs is 1. The number of benzene rings is 1. The number of urea groups is 1. The second-order valence-corrected chi connectivity index (χ2v) is 7.31. The molecule has 0 radical (unpaired) electrons. The molecule has 1 aromatic rings. The predicted molar refractivity (Wildman–Crippen MR) is 102 cm³/mol. The van der Waals surface area contributed by atoms with Gasteiger partial charge in [0.1, 0.15) is 12.1 Å². The van der Waals surface area contributed by atoms with E-state index in [-0.39, 0.29) is 25.3 Å². The van der Waals surface area contributed by atoms with Crippen LogP contribution in [0.15, 0.2) is 18.2 Å². The lowest BCUT2D eigenvalue weighted by Gasteiger charge is -2.25. The molecule has 1 aromatic carbocycles. The standard InChI is InChI=1S/C20H27N3O5/c1-4-8-20(9-5-2)18(25)23(19(26)22-20)11-17(24)21-13(3)14-6-7-15-16(10-14)28-12-27-15/h6-7,10,13H,4-5,8-9,11-12H2,1-3H3,(H,21,24)(H,22,26). The Balaban J connectivity index is 1.64. The van der Waals surface area contributed by atoms with Crippen LogP contribution in [-0.4, -0.2) is 41.6 Å². The quantitative estimate of drug-likeness (QED) is 0.666. The molecule has 2 N–H and O–H groups in total. The molecule has 2 aliphatic rings. The summed E-state index contributed by atoms with van der Waals surface area (Å²) in [6.45, 7) is 5.66. The van der Waals surface area contributed by atoms with Gasteiger partial charge in [-0.05, 0) is 37.5 Å². The summed E-state index contributed by atoms with van der Waals surface area (Å²) in [5.41, 5.74) is -0.0369. The molecule has 4 amide bonds. The second-order valence-electron chi connectivity index (χ2n) is 7.31. The lowest BCUT2D eigenvalue weighted by Crippen LogP contribution is -2.47. The molecule has 8 heteroatoms. The number of nitrogens with zero attached hydrogens (tertiary/aromatic N) is 1. The van der Waals surface area contributed by atoms with Gasteiger partial charge in [-0.15, -0.1) is 0 Å². The van der Waals surface area contributed by atoms with Gasteiger partial charge >= 0.3 is 6.03 Å². The van der Waals surface area contributed by atoms with E-state index < -0.39 is 17.5 Å². The Morgan fingerprint density at radius 3 is 2.57 bits per heavy atom. The monoisotopic (exact) mass is 389 g/mol. The van der Waals surface area contributed by atoms with Gasteiger partial charge in [0, 0.05) is 0 Å². The topological polar surface area (TPSA) is 97.0 Å². The third kappa shape index (κ3) is 3.76. The van der Waals surface area contributed by atoms with Crippen molar-refractivity contribution in [3.63, 3.8) is 0 Å². The Morgan fingerprint density at radius 1 is 1.21 bits per heavy atom. The van der Waals surface area contributed by atoms with Crippen LogP contribution >= 0.6 is 0 Å². The van der Waals surface area contributed by atoms with E-state index in [1.54, 1.807) is 6.07 Å². The van der Waals surface area contributed by atoms with Gasteiger partial charge in [-0.25, -0.2) is 4.79 Å². The maximum atomic E-state index is 12.9. The van der Waals surface area contributed by atoms with Crippen LogP contribution in [0.1, 0.15) is 58.1 Å². The van der Waals surface area contributed by atoms with Crippen LogP contribution in [0.3, 0.4) is 0 Å². The van der Waals surface area contributed by atoms with E-state index in [4.69, 9.17) is 9.47 Å². The first-order valence-electron chi connectivity index (χ1n) is 9.73. The van der Waals surface area contributed by atoms with Gasteiger partial charge in [0.15, 0.2) is 11.5 Å². The average molecular weight is 389 g/mol. The van der Waals surface area contributed by atoms with E-state index in [2.05, 4.69) is 10.6 Å². The van der Waals surface area contributed by atoms with Crippen molar-refractivity contribution in [1.82, 2.24) is 15.5 Å². The highest BCUT2D eigenvalue weighted by Gasteiger charge is 2.50. The molecule has 0 saturated carbocycles. The van der Waals surface area contributed by atoms with Crippen LogP contribution in [0, 0.1) is 0 Å². The van der Waals surface area contributed by atoms with Gasteiger partial charge in [-0.1, -0.05) is 32.8 Å². The molecule has 1 saturated heterocycles. The van der Waals surface area contributed by atoms with Crippen molar-refractivity contribution in [3.05, 3.63) is 23.8 Å². The van der Waals surface area contributed by atoms with Crippen LogP contribution in [-0.2, 0) is 9.59 Å².